The van der Waals surface area contributed by atoms with Gasteiger partial charge in [0.2, 0.25) is 5.91 Å². The van der Waals surface area contributed by atoms with Crippen molar-refractivity contribution in [3.8, 4) is 0 Å². The lowest BCUT2D eigenvalue weighted by Crippen LogP contribution is -2.47. The highest BCUT2D eigenvalue weighted by Crippen LogP contribution is 2.18. The van der Waals surface area contributed by atoms with Gasteiger partial charge in [0, 0.05) is 19.1 Å². The summed E-state index contributed by atoms with van der Waals surface area (Å²) in [6, 6.07) is 0.0274. The zero-order chi connectivity index (χ0) is 15.6. The van der Waals surface area contributed by atoms with Gasteiger partial charge in [-0.05, 0) is 53.6 Å². The molecule has 0 spiro atoms. The summed E-state index contributed by atoms with van der Waals surface area (Å²) in [5, 5.41) is 3.07. The molecule has 2 amide bonds. The Bertz CT molecular complexity index is 405. The number of hydrogen-bond acceptors (Lipinski definition) is 4. The van der Waals surface area contributed by atoms with Crippen molar-refractivity contribution in [2.75, 3.05) is 26.7 Å². The first-order chi connectivity index (χ1) is 9.76. The SMILES string of the molecule is CN1CCC[C@@H]1C(=O)N[C@H]1CCN(C(=O)OC(C)(C)C)C1. The van der Waals surface area contributed by atoms with Crippen molar-refractivity contribution >= 4 is 12.0 Å². The third-order valence-electron chi connectivity index (χ3n) is 4.01. The summed E-state index contributed by atoms with van der Waals surface area (Å²) in [6.45, 7) is 7.73. The highest BCUT2D eigenvalue weighted by Gasteiger charge is 2.33. The number of likely N-dealkylation sites (tertiary alicyclic amines) is 2. The Morgan fingerprint density at radius 3 is 2.48 bits per heavy atom. The third kappa shape index (κ3) is 4.33. The molecule has 0 aromatic rings. The highest BCUT2D eigenvalue weighted by atomic mass is 16.6. The van der Waals surface area contributed by atoms with Gasteiger partial charge in [0.25, 0.3) is 0 Å². The molecular weight excluding hydrogens is 270 g/mol. The molecule has 1 N–H and O–H groups in total. The lowest BCUT2D eigenvalue weighted by Gasteiger charge is -2.25. The van der Waals surface area contributed by atoms with E-state index in [0.29, 0.717) is 13.1 Å². The smallest absolute Gasteiger partial charge is 0.410 e. The molecule has 21 heavy (non-hydrogen) atoms. The van der Waals surface area contributed by atoms with E-state index < -0.39 is 5.60 Å². The zero-order valence-electron chi connectivity index (χ0n) is 13.5. The normalized spacial score (nSPS) is 27.0. The summed E-state index contributed by atoms with van der Waals surface area (Å²) in [6.07, 6.45) is 2.49. The summed E-state index contributed by atoms with van der Waals surface area (Å²) in [4.78, 5) is 28.0. The molecule has 2 fully saturated rings. The molecule has 2 heterocycles. The Morgan fingerprint density at radius 1 is 1.19 bits per heavy atom. The Labute approximate surface area is 126 Å². The van der Waals surface area contributed by atoms with E-state index in [9.17, 15) is 9.59 Å². The number of carbonyl (C=O) groups excluding carboxylic acids is 2. The van der Waals surface area contributed by atoms with Crippen LogP contribution in [-0.2, 0) is 9.53 Å². The van der Waals surface area contributed by atoms with Gasteiger partial charge in [0.1, 0.15) is 5.60 Å². The van der Waals surface area contributed by atoms with Gasteiger partial charge in [-0.25, -0.2) is 4.79 Å². The molecule has 0 saturated carbocycles. The summed E-state index contributed by atoms with van der Waals surface area (Å²) in [7, 11) is 1.99. The van der Waals surface area contributed by atoms with E-state index in [2.05, 4.69) is 10.2 Å². The van der Waals surface area contributed by atoms with Gasteiger partial charge in [-0.3, -0.25) is 9.69 Å². The van der Waals surface area contributed by atoms with Crippen molar-refractivity contribution in [3.05, 3.63) is 0 Å². The van der Waals surface area contributed by atoms with Gasteiger partial charge in [-0.2, -0.15) is 0 Å². The van der Waals surface area contributed by atoms with Crippen LogP contribution in [0.15, 0.2) is 0 Å². The first-order valence-corrected chi connectivity index (χ1v) is 7.75. The minimum absolute atomic E-state index is 0.0134. The van der Waals surface area contributed by atoms with Gasteiger partial charge < -0.3 is 15.0 Å². The highest BCUT2D eigenvalue weighted by molar-refractivity contribution is 5.82. The Balaban J connectivity index is 1.80. The van der Waals surface area contributed by atoms with Gasteiger partial charge in [0.15, 0.2) is 0 Å². The molecule has 2 atom stereocenters. The number of nitrogens with zero attached hydrogens (tertiary/aromatic N) is 2. The molecule has 0 aromatic heterocycles. The van der Waals surface area contributed by atoms with Crippen LogP contribution < -0.4 is 5.32 Å². The number of hydrogen-bond donors (Lipinski definition) is 1. The summed E-state index contributed by atoms with van der Waals surface area (Å²) < 4.78 is 5.36. The van der Waals surface area contributed by atoms with Crippen molar-refractivity contribution in [2.45, 2.75) is 57.7 Å². The molecule has 0 radical (unpaired) electrons. The maximum Gasteiger partial charge on any atom is 0.410 e. The van der Waals surface area contributed by atoms with Gasteiger partial charge in [-0.1, -0.05) is 0 Å². The van der Waals surface area contributed by atoms with Crippen molar-refractivity contribution in [1.82, 2.24) is 15.1 Å². The van der Waals surface area contributed by atoms with Gasteiger partial charge in [0.05, 0.1) is 6.04 Å². The summed E-state index contributed by atoms with van der Waals surface area (Å²) in [5.41, 5.74) is -0.481. The van der Waals surface area contributed by atoms with Gasteiger partial charge in [-0.15, -0.1) is 0 Å². The molecule has 6 heteroatoms. The average molecular weight is 297 g/mol. The largest absolute Gasteiger partial charge is 0.444 e. The van der Waals surface area contributed by atoms with Crippen LogP contribution in [0.25, 0.3) is 0 Å². The summed E-state index contributed by atoms with van der Waals surface area (Å²) in [5.74, 6) is 0.0889. The van der Waals surface area contributed by atoms with E-state index in [4.69, 9.17) is 4.74 Å². The second kappa shape index (κ2) is 6.22. The number of amides is 2. The van der Waals surface area contributed by atoms with Crippen LogP contribution in [0, 0.1) is 0 Å². The van der Waals surface area contributed by atoms with Crippen molar-refractivity contribution in [1.29, 1.82) is 0 Å². The van der Waals surface area contributed by atoms with Crippen molar-refractivity contribution < 1.29 is 14.3 Å². The molecule has 0 bridgehead atoms. The van der Waals surface area contributed by atoms with E-state index in [1.54, 1.807) is 4.90 Å². The van der Waals surface area contributed by atoms with Crippen LogP contribution in [0.4, 0.5) is 4.79 Å². The van der Waals surface area contributed by atoms with Crippen molar-refractivity contribution in [3.63, 3.8) is 0 Å². The minimum atomic E-state index is -0.481. The molecule has 0 aromatic carbocycles. The van der Waals surface area contributed by atoms with Crippen LogP contribution in [0.3, 0.4) is 0 Å². The number of rotatable bonds is 2. The molecular formula is C15H27N3O3. The fourth-order valence-corrected chi connectivity index (χ4v) is 2.91. The van der Waals surface area contributed by atoms with Crippen LogP contribution in [0.5, 0.6) is 0 Å². The molecule has 0 unspecified atom stereocenters. The predicted octanol–water partition coefficient (Wildman–Crippen LogP) is 1.21. The number of nitrogens with one attached hydrogen (secondary N) is 1. The van der Waals surface area contributed by atoms with E-state index >= 15 is 0 Å². The van der Waals surface area contributed by atoms with Crippen LogP contribution in [0.1, 0.15) is 40.0 Å². The fourth-order valence-electron chi connectivity index (χ4n) is 2.91. The molecule has 6 nitrogen and oxygen atoms in total. The Morgan fingerprint density at radius 2 is 1.90 bits per heavy atom. The maximum absolute atomic E-state index is 12.2. The lowest BCUT2D eigenvalue weighted by atomic mass is 10.2. The molecule has 2 saturated heterocycles. The standard InChI is InChI=1S/C15H27N3O3/c1-15(2,3)21-14(20)18-9-7-11(10-18)16-13(19)12-6-5-8-17(12)4/h11-12H,5-10H2,1-4H3,(H,16,19)/t11-,12+/m0/s1. The van der Waals surface area contributed by atoms with Crippen molar-refractivity contribution in [2.24, 2.45) is 0 Å². The minimum Gasteiger partial charge on any atom is -0.444 e. The number of ether oxygens (including phenoxy) is 1. The Kier molecular flexibility index (Phi) is 4.76. The van der Waals surface area contributed by atoms with Crippen LogP contribution >= 0.6 is 0 Å². The lowest BCUT2D eigenvalue weighted by molar-refractivity contribution is -0.125. The Hall–Kier alpha value is -1.30. The van der Waals surface area contributed by atoms with E-state index in [1.165, 1.54) is 0 Å². The molecule has 0 aliphatic carbocycles. The predicted molar refractivity (Wildman–Crippen MR) is 80.0 cm³/mol. The monoisotopic (exact) mass is 297 g/mol. The first-order valence-electron chi connectivity index (χ1n) is 7.75. The topological polar surface area (TPSA) is 61.9 Å². The fraction of sp³-hybridized carbons (Fsp3) is 0.867. The average Bonchev–Trinajstić information content (AvgIpc) is 2.95. The van der Waals surface area contributed by atoms with Crippen LogP contribution in [0.2, 0.25) is 0 Å². The third-order valence-corrected chi connectivity index (χ3v) is 4.01. The quantitative estimate of drug-likeness (QED) is 0.832. The zero-order valence-corrected chi connectivity index (χ0v) is 13.5. The molecule has 2 rings (SSSR count). The molecule has 120 valence electrons. The van der Waals surface area contributed by atoms with E-state index in [0.717, 1.165) is 25.8 Å². The number of carbonyl (C=O) groups is 2. The van der Waals surface area contributed by atoms with Crippen LogP contribution in [-0.4, -0.2) is 66.2 Å². The second-order valence-corrected chi connectivity index (χ2v) is 7.06. The molecule has 2 aliphatic rings. The van der Waals surface area contributed by atoms with E-state index in [1.807, 2.05) is 27.8 Å². The van der Waals surface area contributed by atoms with E-state index in [-0.39, 0.29) is 24.1 Å². The first kappa shape index (κ1) is 16.1. The van der Waals surface area contributed by atoms with Gasteiger partial charge >= 0.3 is 6.09 Å². The summed E-state index contributed by atoms with van der Waals surface area (Å²) >= 11 is 0. The maximum atomic E-state index is 12.2. The molecule has 2 aliphatic heterocycles. The second-order valence-electron chi connectivity index (χ2n) is 7.06. The number of likely N-dealkylation sites (N-methyl/N-ethyl adjacent to an activating group) is 1.